The Labute approximate surface area is 153 Å². The van der Waals surface area contributed by atoms with Gasteiger partial charge in [-0.1, -0.05) is 0 Å². The van der Waals surface area contributed by atoms with Crippen LogP contribution in [0.5, 0.6) is 5.75 Å². The van der Waals surface area contributed by atoms with Gasteiger partial charge in [0.05, 0.1) is 28.5 Å². The number of aromatic nitrogens is 1. The molecule has 4 rings (SSSR count). The predicted octanol–water partition coefficient (Wildman–Crippen LogP) is 3.74. The molecule has 1 N–H and O–H groups in total. The summed E-state index contributed by atoms with van der Waals surface area (Å²) in [5.74, 6) is 0.0181. The number of aryl methyl sites for hydroxylation is 1. The molecule has 1 aromatic heterocycles. The number of ketones is 1. The maximum absolute atomic E-state index is 14.6. The van der Waals surface area contributed by atoms with Gasteiger partial charge in [-0.3, -0.25) is 14.9 Å². The van der Waals surface area contributed by atoms with Gasteiger partial charge in [-0.25, -0.2) is 4.39 Å². The highest BCUT2D eigenvalue weighted by Gasteiger charge is 2.32. The van der Waals surface area contributed by atoms with Gasteiger partial charge < -0.3 is 14.6 Å². The van der Waals surface area contributed by atoms with Crippen LogP contribution in [0.1, 0.15) is 22.3 Å². The Kier molecular flexibility index (Phi) is 4.02. The minimum absolute atomic E-state index is 0.0326. The van der Waals surface area contributed by atoms with Crippen molar-refractivity contribution in [1.29, 1.82) is 0 Å². The number of nitro benzene ring substituents is 1. The molecule has 0 atom stereocenters. The van der Waals surface area contributed by atoms with Crippen molar-refractivity contribution in [2.75, 3.05) is 19.0 Å². The van der Waals surface area contributed by atoms with E-state index in [4.69, 9.17) is 4.74 Å². The second kappa shape index (κ2) is 6.39. The van der Waals surface area contributed by atoms with E-state index in [0.29, 0.717) is 30.2 Å². The summed E-state index contributed by atoms with van der Waals surface area (Å²) in [6.45, 7) is 1.08. The van der Waals surface area contributed by atoms with E-state index in [2.05, 4.69) is 5.32 Å². The van der Waals surface area contributed by atoms with Gasteiger partial charge in [0.1, 0.15) is 17.4 Å². The third kappa shape index (κ3) is 2.61. The third-order valence-corrected chi connectivity index (χ3v) is 4.76. The van der Waals surface area contributed by atoms with Crippen molar-refractivity contribution in [2.45, 2.75) is 13.0 Å². The molecule has 1 aliphatic rings. The number of hydrogen-bond acceptors (Lipinski definition) is 5. The van der Waals surface area contributed by atoms with Gasteiger partial charge in [-0.2, -0.15) is 0 Å². The first-order valence-corrected chi connectivity index (χ1v) is 8.44. The molecular formula is C19H16FN3O4. The highest BCUT2D eigenvalue weighted by atomic mass is 19.1. The molecule has 0 saturated heterocycles. The number of ether oxygens (including phenoxy) is 1. The molecule has 7 nitrogen and oxygen atoms in total. The van der Waals surface area contributed by atoms with Crippen LogP contribution in [0.3, 0.4) is 0 Å². The number of non-ortho nitro benzene ring substituents is 1. The monoisotopic (exact) mass is 369 g/mol. The molecule has 8 heteroatoms. The molecule has 0 aliphatic carbocycles. The van der Waals surface area contributed by atoms with Crippen molar-refractivity contribution >= 4 is 28.2 Å². The highest BCUT2D eigenvalue weighted by Crippen LogP contribution is 2.40. The maximum Gasteiger partial charge on any atom is 0.279 e. The zero-order valence-electron chi connectivity index (χ0n) is 14.5. The molecule has 3 aromatic rings. The van der Waals surface area contributed by atoms with Crippen molar-refractivity contribution in [3.63, 3.8) is 0 Å². The van der Waals surface area contributed by atoms with Crippen LogP contribution < -0.4 is 10.1 Å². The lowest BCUT2D eigenvalue weighted by atomic mass is 10.0. The van der Waals surface area contributed by atoms with Gasteiger partial charge in [0.15, 0.2) is 5.78 Å². The van der Waals surface area contributed by atoms with Crippen LogP contribution in [-0.4, -0.2) is 28.9 Å². The highest BCUT2D eigenvalue weighted by molar-refractivity contribution is 6.22. The summed E-state index contributed by atoms with van der Waals surface area (Å²) >= 11 is 0. The number of hydrogen-bond donors (Lipinski definition) is 1. The fourth-order valence-electron chi connectivity index (χ4n) is 3.54. The number of halogens is 1. The predicted molar refractivity (Wildman–Crippen MR) is 98.1 cm³/mol. The standard InChI is InChI=1S/C19H16FN3O4/c1-27-12-5-3-11(4-6-12)18(24)16-15-14(23(25)26)8-7-13(20)17(15)22-10-2-9-21-19(16)22/h3-8,21H,2,9-10H2,1H3. The van der Waals surface area contributed by atoms with E-state index in [1.165, 1.54) is 7.11 Å². The minimum atomic E-state index is -0.589. The molecule has 0 bridgehead atoms. The quantitative estimate of drug-likeness (QED) is 0.430. The zero-order chi connectivity index (χ0) is 19.1. The van der Waals surface area contributed by atoms with E-state index in [1.54, 1.807) is 28.8 Å². The topological polar surface area (TPSA) is 86.4 Å². The van der Waals surface area contributed by atoms with E-state index >= 15 is 0 Å². The Bertz CT molecular complexity index is 1070. The summed E-state index contributed by atoms with van der Waals surface area (Å²) in [6.07, 6.45) is 0.731. The summed E-state index contributed by atoms with van der Waals surface area (Å²) in [7, 11) is 1.52. The normalized spacial score (nSPS) is 13.1. The van der Waals surface area contributed by atoms with Crippen LogP contribution in [0.4, 0.5) is 15.9 Å². The Morgan fingerprint density at radius 1 is 1.26 bits per heavy atom. The van der Waals surface area contributed by atoms with Crippen molar-refractivity contribution in [2.24, 2.45) is 0 Å². The van der Waals surface area contributed by atoms with Gasteiger partial charge in [-0.15, -0.1) is 0 Å². The number of rotatable bonds is 4. The Hall–Kier alpha value is -3.42. The van der Waals surface area contributed by atoms with Crippen LogP contribution in [0.15, 0.2) is 36.4 Å². The number of carbonyl (C=O) groups excluding carboxylic acids is 1. The van der Waals surface area contributed by atoms with Gasteiger partial charge in [0.25, 0.3) is 5.69 Å². The molecule has 0 unspecified atom stereocenters. The molecule has 138 valence electrons. The number of benzene rings is 2. The Balaban J connectivity index is 2.02. The van der Waals surface area contributed by atoms with E-state index in [1.807, 2.05) is 0 Å². The minimum Gasteiger partial charge on any atom is -0.497 e. The number of methoxy groups -OCH3 is 1. The number of fused-ring (bicyclic) bond motifs is 3. The van der Waals surface area contributed by atoms with Crippen molar-refractivity contribution < 1.29 is 18.8 Å². The summed E-state index contributed by atoms with van der Waals surface area (Å²) < 4.78 is 21.3. The molecule has 0 fully saturated rings. The molecule has 2 aromatic carbocycles. The number of nitrogens with one attached hydrogen (secondary N) is 1. The Morgan fingerprint density at radius 3 is 2.67 bits per heavy atom. The molecule has 2 heterocycles. The average molecular weight is 369 g/mol. The van der Waals surface area contributed by atoms with Gasteiger partial charge >= 0.3 is 0 Å². The van der Waals surface area contributed by atoms with E-state index in [0.717, 1.165) is 18.6 Å². The van der Waals surface area contributed by atoms with Crippen LogP contribution in [-0.2, 0) is 6.54 Å². The van der Waals surface area contributed by atoms with E-state index < -0.39 is 16.5 Å². The van der Waals surface area contributed by atoms with Gasteiger partial charge in [-0.05, 0) is 36.8 Å². The van der Waals surface area contributed by atoms with Crippen molar-refractivity contribution in [3.8, 4) is 5.75 Å². The summed E-state index contributed by atoms with van der Waals surface area (Å²) in [6, 6.07) is 8.63. The molecule has 27 heavy (non-hydrogen) atoms. The zero-order valence-corrected chi connectivity index (χ0v) is 14.5. The lowest BCUT2D eigenvalue weighted by Crippen LogP contribution is -2.18. The SMILES string of the molecule is COc1ccc(C(=O)c2c3n(c4c(F)ccc([N+](=O)[O-])c24)CCCN3)cc1. The van der Waals surface area contributed by atoms with Crippen molar-refractivity contribution in [3.05, 3.63) is 63.5 Å². The second-order valence-electron chi connectivity index (χ2n) is 6.26. The number of nitrogens with zero attached hydrogens (tertiary/aromatic N) is 2. The van der Waals surface area contributed by atoms with E-state index in [9.17, 15) is 19.3 Å². The molecule has 0 spiro atoms. The second-order valence-corrected chi connectivity index (χ2v) is 6.26. The Morgan fingerprint density at radius 2 is 2.00 bits per heavy atom. The summed E-state index contributed by atoms with van der Waals surface area (Å²) in [5.41, 5.74) is 0.272. The summed E-state index contributed by atoms with van der Waals surface area (Å²) in [5, 5.41) is 14.7. The first kappa shape index (κ1) is 17.0. The number of nitro groups is 1. The number of anilines is 1. The largest absolute Gasteiger partial charge is 0.497 e. The molecule has 0 amide bonds. The van der Waals surface area contributed by atoms with Gasteiger partial charge in [0, 0.05) is 24.7 Å². The third-order valence-electron chi connectivity index (χ3n) is 4.76. The lowest BCUT2D eigenvalue weighted by Gasteiger charge is -2.19. The maximum atomic E-state index is 14.6. The van der Waals surface area contributed by atoms with Crippen LogP contribution in [0.2, 0.25) is 0 Å². The average Bonchev–Trinajstić information content (AvgIpc) is 3.03. The molecular weight excluding hydrogens is 353 g/mol. The lowest BCUT2D eigenvalue weighted by molar-refractivity contribution is -0.383. The first-order valence-electron chi connectivity index (χ1n) is 8.44. The van der Waals surface area contributed by atoms with Gasteiger partial charge in [0.2, 0.25) is 0 Å². The van der Waals surface area contributed by atoms with Crippen LogP contribution in [0, 0.1) is 15.9 Å². The molecule has 0 radical (unpaired) electrons. The fraction of sp³-hybridized carbons (Fsp3) is 0.211. The smallest absolute Gasteiger partial charge is 0.279 e. The first-order chi connectivity index (χ1) is 13.0. The van der Waals surface area contributed by atoms with Crippen LogP contribution in [0.25, 0.3) is 10.9 Å². The number of carbonyl (C=O) groups is 1. The molecule has 1 aliphatic heterocycles. The van der Waals surface area contributed by atoms with Crippen LogP contribution >= 0.6 is 0 Å². The van der Waals surface area contributed by atoms with Crippen molar-refractivity contribution in [1.82, 2.24) is 4.57 Å². The fourth-order valence-corrected chi connectivity index (χ4v) is 3.54. The van der Waals surface area contributed by atoms with E-state index in [-0.39, 0.29) is 22.2 Å². The molecule has 0 saturated carbocycles. The summed E-state index contributed by atoms with van der Waals surface area (Å²) in [4.78, 5) is 24.2.